The molecule has 3 rings (SSSR count). The predicted molar refractivity (Wildman–Crippen MR) is 108 cm³/mol. The first-order valence-electron chi connectivity index (χ1n) is 9.86. The van der Waals surface area contributed by atoms with Crippen LogP contribution in [0.4, 0.5) is 13.2 Å². The van der Waals surface area contributed by atoms with Crippen LogP contribution in [-0.4, -0.2) is 50.6 Å². The lowest BCUT2D eigenvalue weighted by Gasteiger charge is -2.19. The number of rotatable bonds is 7. The van der Waals surface area contributed by atoms with E-state index >= 15 is 0 Å². The van der Waals surface area contributed by atoms with Gasteiger partial charge < -0.3 is 14.8 Å². The third-order valence-electron chi connectivity index (χ3n) is 5.85. The van der Waals surface area contributed by atoms with Crippen molar-refractivity contribution in [1.82, 2.24) is 5.32 Å². The number of methoxy groups -OCH3 is 1. The Kier molecular flexibility index (Phi) is 6.71. The number of hydrogen-bond donors (Lipinski definition) is 1. The monoisotopic (exact) mass is 494 g/mol. The summed E-state index contributed by atoms with van der Waals surface area (Å²) >= 11 is 6.09. The van der Waals surface area contributed by atoms with Crippen molar-refractivity contribution in [1.29, 1.82) is 5.26 Å². The van der Waals surface area contributed by atoms with Gasteiger partial charge in [0.2, 0.25) is 5.91 Å². The number of sulfone groups is 1. The fourth-order valence-electron chi connectivity index (χ4n) is 3.70. The Hall–Kier alpha value is -2.03. The van der Waals surface area contributed by atoms with Gasteiger partial charge in [0.1, 0.15) is 11.3 Å². The fourth-order valence-corrected chi connectivity index (χ4v) is 6.04. The number of halogens is 4. The molecule has 176 valence electrons. The molecule has 0 unspecified atom stereocenters. The molecule has 0 aliphatic heterocycles. The number of carbonyl (C=O) groups excluding carboxylic acids is 1. The highest BCUT2D eigenvalue weighted by Gasteiger charge is 2.50. The number of nitriles is 1. The van der Waals surface area contributed by atoms with Gasteiger partial charge in [0.15, 0.2) is 15.9 Å². The number of nitrogens with one attached hydrogen (secondary N) is 1. The average Bonchev–Trinajstić information content (AvgIpc) is 3.33. The molecular weight excluding hydrogens is 473 g/mol. The standard InChI is InChI=1S/C20H22ClF3N2O5S/c1-11(20(22,23)24)31-12-3-4-17(15(21)7-12)32(28,29)13-8-14(16(9-13)30-2)18(27)26-19(10-25)5-6-19/h3-4,7,11,13-14,16H,5-6,8-9H2,1-2H3,(H,26,27)/t11-,13-,14-,16-/m0/s1. The predicted octanol–water partition coefficient (Wildman–Crippen LogP) is 3.41. The topological polar surface area (TPSA) is 105 Å². The summed E-state index contributed by atoms with van der Waals surface area (Å²) in [5, 5.41) is 10.6. The summed E-state index contributed by atoms with van der Waals surface area (Å²) in [6.07, 6.45) is -6.27. The highest BCUT2D eigenvalue weighted by Crippen LogP contribution is 2.40. The van der Waals surface area contributed by atoms with E-state index in [1.54, 1.807) is 0 Å². The average molecular weight is 495 g/mol. The van der Waals surface area contributed by atoms with Gasteiger partial charge in [-0.15, -0.1) is 0 Å². The highest BCUT2D eigenvalue weighted by molar-refractivity contribution is 7.92. The second-order valence-electron chi connectivity index (χ2n) is 8.10. The summed E-state index contributed by atoms with van der Waals surface area (Å²) in [4.78, 5) is 12.4. The van der Waals surface area contributed by atoms with E-state index in [2.05, 4.69) is 11.4 Å². The van der Waals surface area contributed by atoms with Gasteiger partial charge in [0.05, 0.1) is 33.3 Å². The third-order valence-corrected chi connectivity index (χ3v) is 8.51. The molecule has 0 radical (unpaired) electrons. The highest BCUT2D eigenvalue weighted by atomic mass is 35.5. The second-order valence-corrected chi connectivity index (χ2v) is 10.7. The lowest BCUT2D eigenvalue weighted by Crippen LogP contribution is -2.42. The molecule has 4 atom stereocenters. The number of nitrogens with zero attached hydrogens (tertiary/aromatic N) is 1. The number of hydrogen-bond acceptors (Lipinski definition) is 6. The van der Waals surface area contributed by atoms with E-state index in [9.17, 15) is 31.6 Å². The van der Waals surface area contributed by atoms with Crippen LogP contribution in [-0.2, 0) is 19.4 Å². The number of ether oxygens (including phenoxy) is 2. The number of amides is 1. The van der Waals surface area contributed by atoms with Crippen LogP contribution < -0.4 is 10.1 Å². The van der Waals surface area contributed by atoms with Crippen LogP contribution in [0.2, 0.25) is 5.02 Å². The van der Waals surface area contributed by atoms with Crippen molar-refractivity contribution in [3.63, 3.8) is 0 Å². The van der Waals surface area contributed by atoms with E-state index in [0.717, 1.165) is 25.1 Å². The van der Waals surface area contributed by atoms with E-state index in [0.29, 0.717) is 12.8 Å². The van der Waals surface area contributed by atoms with Gasteiger partial charge >= 0.3 is 6.18 Å². The Morgan fingerprint density at radius 1 is 1.34 bits per heavy atom. The Labute approximate surface area is 188 Å². The van der Waals surface area contributed by atoms with Gasteiger partial charge in [0, 0.05) is 13.2 Å². The minimum atomic E-state index is -4.59. The van der Waals surface area contributed by atoms with E-state index < -0.39 is 50.8 Å². The zero-order valence-electron chi connectivity index (χ0n) is 17.3. The quantitative estimate of drug-likeness (QED) is 0.622. The molecule has 1 amide bonds. The molecule has 7 nitrogen and oxygen atoms in total. The van der Waals surface area contributed by atoms with E-state index in [4.69, 9.17) is 21.1 Å². The van der Waals surface area contributed by atoms with E-state index in [-0.39, 0.29) is 28.5 Å². The Morgan fingerprint density at radius 3 is 2.50 bits per heavy atom. The van der Waals surface area contributed by atoms with E-state index in [1.165, 1.54) is 7.11 Å². The normalized spacial score (nSPS) is 25.6. The smallest absolute Gasteiger partial charge is 0.425 e. The zero-order valence-corrected chi connectivity index (χ0v) is 18.9. The van der Waals surface area contributed by atoms with Crippen LogP contribution in [0.1, 0.15) is 32.6 Å². The molecule has 2 aliphatic carbocycles. The van der Waals surface area contributed by atoms with Gasteiger partial charge in [-0.3, -0.25) is 4.79 Å². The summed E-state index contributed by atoms with van der Waals surface area (Å²) < 4.78 is 74.6. The summed E-state index contributed by atoms with van der Waals surface area (Å²) in [6, 6.07) is 5.28. The molecule has 2 fully saturated rings. The van der Waals surface area contributed by atoms with Gasteiger partial charge in [-0.1, -0.05) is 11.6 Å². The molecule has 0 heterocycles. The van der Waals surface area contributed by atoms with Crippen LogP contribution in [0.3, 0.4) is 0 Å². The van der Waals surface area contributed by atoms with Gasteiger partial charge in [-0.25, -0.2) is 8.42 Å². The number of benzene rings is 1. The molecule has 2 aliphatic rings. The summed E-state index contributed by atoms with van der Waals surface area (Å²) in [5.41, 5.74) is -0.890. The van der Waals surface area contributed by atoms with Crippen molar-refractivity contribution in [3.8, 4) is 11.8 Å². The Bertz CT molecular complexity index is 1040. The molecule has 1 aromatic carbocycles. The van der Waals surface area contributed by atoms with Crippen LogP contribution >= 0.6 is 11.6 Å². The Morgan fingerprint density at radius 2 is 2.00 bits per heavy atom. The molecule has 0 aromatic heterocycles. The first-order valence-corrected chi connectivity index (χ1v) is 11.8. The fraction of sp³-hybridized carbons (Fsp3) is 0.600. The van der Waals surface area contributed by atoms with Gasteiger partial charge in [-0.2, -0.15) is 18.4 Å². The maximum absolute atomic E-state index is 13.2. The molecule has 1 N–H and O–H groups in total. The zero-order chi connectivity index (χ0) is 23.9. The maximum Gasteiger partial charge on any atom is 0.425 e. The minimum Gasteiger partial charge on any atom is -0.481 e. The summed E-state index contributed by atoms with van der Waals surface area (Å²) in [6.45, 7) is 0.825. The van der Waals surface area contributed by atoms with E-state index in [1.807, 2.05) is 0 Å². The molecule has 1 aromatic rings. The first kappa shape index (κ1) is 24.6. The van der Waals surface area contributed by atoms with Gasteiger partial charge in [0.25, 0.3) is 0 Å². The molecule has 12 heteroatoms. The third kappa shape index (κ3) is 4.97. The molecule has 0 spiro atoms. The summed E-state index contributed by atoms with van der Waals surface area (Å²) in [7, 11) is -2.65. The second kappa shape index (κ2) is 8.72. The lowest BCUT2D eigenvalue weighted by molar-refractivity contribution is -0.189. The van der Waals surface area contributed by atoms with Gasteiger partial charge in [-0.05, 0) is 44.7 Å². The number of carbonyl (C=O) groups is 1. The SMILES string of the molecule is CO[C@H]1C[C@@H](S(=O)(=O)c2ccc(O[C@@H](C)C(F)(F)F)cc2Cl)C[C@@H]1C(=O)NC1(C#N)CC1. The first-order chi connectivity index (χ1) is 14.8. The van der Waals surface area contributed by atoms with Crippen molar-refractivity contribution >= 4 is 27.3 Å². The molecule has 2 saturated carbocycles. The molecule has 32 heavy (non-hydrogen) atoms. The minimum absolute atomic E-state index is 0.0339. The molecular formula is C20H22ClF3N2O5S. The van der Waals surface area contributed by atoms with Crippen molar-refractivity contribution < 1.29 is 35.9 Å². The van der Waals surface area contributed by atoms with Crippen molar-refractivity contribution in [2.75, 3.05) is 7.11 Å². The van der Waals surface area contributed by atoms with Crippen LogP contribution in [0.25, 0.3) is 0 Å². The van der Waals surface area contributed by atoms with Crippen LogP contribution in [0.5, 0.6) is 5.75 Å². The van der Waals surface area contributed by atoms with Crippen molar-refractivity contribution in [2.45, 2.75) is 66.7 Å². The lowest BCUT2D eigenvalue weighted by atomic mass is 10.0. The van der Waals surface area contributed by atoms with Crippen molar-refractivity contribution in [3.05, 3.63) is 23.2 Å². The Balaban J connectivity index is 1.77. The van der Waals surface area contributed by atoms with Crippen molar-refractivity contribution in [2.24, 2.45) is 5.92 Å². The maximum atomic E-state index is 13.2. The summed E-state index contributed by atoms with van der Waals surface area (Å²) in [5.74, 6) is -1.42. The van der Waals surface area contributed by atoms with Crippen LogP contribution in [0.15, 0.2) is 23.1 Å². The largest absolute Gasteiger partial charge is 0.481 e. The number of alkyl halides is 3. The van der Waals surface area contributed by atoms with Crippen LogP contribution in [0, 0.1) is 17.2 Å². The molecule has 0 saturated heterocycles. The molecule has 0 bridgehead atoms.